The fourth-order valence-electron chi connectivity index (χ4n) is 3.66. The van der Waals surface area contributed by atoms with E-state index in [1.54, 1.807) is 0 Å². The number of hydrogen-bond acceptors (Lipinski definition) is 3. The molecule has 2 atom stereocenters. The Morgan fingerprint density at radius 2 is 1.89 bits per heavy atom. The Bertz CT molecular complexity index is 421. The number of nitrogens with zero attached hydrogens (tertiary/aromatic N) is 1. The minimum absolute atomic E-state index is 0.215. The molecule has 2 bridgehead atoms. The second kappa shape index (κ2) is 5.49. The van der Waals surface area contributed by atoms with Gasteiger partial charge in [-0.15, -0.1) is 0 Å². The molecule has 2 fully saturated rings. The highest BCUT2D eigenvalue weighted by atomic mass is 16.5. The summed E-state index contributed by atoms with van der Waals surface area (Å²) in [5.41, 5.74) is 1.37. The highest BCUT2D eigenvalue weighted by molar-refractivity contribution is 5.27. The normalized spacial score (nSPS) is 30.4. The van der Waals surface area contributed by atoms with Crippen molar-refractivity contribution >= 4 is 0 Å². The molecule has 3 nitrogen and oxygen atoms in total. The molecule has 104 valence electrons. The number of hydrogen-bond donors (Lipinski definition) is 1. The van der Waals surface area contributed by atoms with E-state index in [4.69, 9.17) is 4.74 Å². The molecule has 3 heteroatoms. The Morgan fingerprint density at radius 1 is 1.16 bits per heavy atom. The van der Waals surface area contributed by atoms with Gasteiger partial charge in [0.1, 0.15) is 5.75 Å². The quantitative estimate of drug-likeness (QED) is 0.907. The Balaban J connectivity index is 1.74. The van der Waals surface area contributed by atoms with Crippen LogP contribution in [0.2, 0.25) is 0 Å². The molecule has 2 unspecified atom stereocenters. The van der Waals surface area contributed by atoms with Crippen molar-refractivity contribution in [2.45, 2.75) is 45.1 Å². The van der Waals surface area contributed by atoms with E-state index in [1.165, 1.54) is 37.9 Å². The van der Waals surface area contributed by atoms with Gasteiger partial charge in [-0.25, -0.2) is 0 Å². The summed E-state index contributed by atoms with van der Waals surface area (Å²) in [7, 11) is 0. The third-order valence-corrected chi connectivity index (χ3v) is 4.35. The number of piperidine rings is 1. The van der Waals surface area contributed by atoms with Gasteiger partial charge in [0.15, 0.2) is 0 Å². The molecule has 0 radical (unpaired) electrons. The summed E-state index contributed by atoms with van der Waals surface area (Å²) in [5.74, 6) is 3.30. The van der Waals surface area contributed by atoms with Gasteiger partial charge in [0.2, 0.25) is 0 Å². The van der Waals surface area contributed by atoms with Crippen LogP contribution in [0.4, 0.5) is 0 Å². The molecule has 19 heavy (non-hydrogen) atoms. The first-order valence-electron chi connectivity index (χ1n) is 7.53. The molecule has 0 aromatic carbocycles. The summed E-state index contributed by atoms with van der Waals surface area (Å²) >= 11 is 0. The van der Waals surface area contributed by atoms with Crippen LogP contribution in [-0.2, 0) is 0 Å². The van der Waals surface area contributed by atoms with Crippen molar-refractivity contribution in [2.75, 3.05) is 13.1 Å². The van der Waals surface area contributed by atoms with Gasteiger partial charge in [0.05, 0.1) is 12.3 Å². The van der Waals surface area contributed by atoms with Gasteiger partial charge >= 0.3 is 0 Å². The SMILES string of the molecule is CC(C)Oc1cncc(C2CC3CNCC(C3)C2)c1. The van der Waals surface area contributed by atoms with E-state index in [1.807, 2.05) is 12.4 Å². The van der Waals surface area contributed by atoms with Crippen molar-refractivity contribution in [1.82, 2.24) is 10.3 Å². The van der Waals surface area contributed by atoms with Gasteiger partial charge in [0.25, 0.3) is 0 Å². The first-order chi connectivity index (χ1) is 9.20. The predicted molar refractivity (Wildman–Crippen MR) is 76.4 cm³/mol. The largest absolute Gasteiger partial charge is 0.489 e. The Kier molecular flexibility index (Phi) is 3.74. The zero-order chi connectivity index (χ0) is 13.2. The standard InChI is InChI=1S/C16H24N2O/c1-11(2)19-16-6-15(9-18-10-16)14-4-12-3-13(5-14)8-17-7-12/h6,9-14,17H,3-5,7-8H2,1-2H3. The van der Waals surface area contributed by atoms with Gasteiger partial charge in [-0.3, -0.25) is 4.98 Å². The lowest BCUT2D eigenvalue weighted by Crippen LogP contribution is -2.40. The second-order valence-electron chi connectivity index (χ2n) is 6.41. The molecule has 0 spiro atoms. The van der Waals surface area contributed by atoms with Gasteiger partial charge in [0, 0.05) is 6.20 Å². The fourth-order valence-corrected chi connectivity index (χ4v) is 3.66. The number of ether oxygens (including phenoxy) is 1. The molecule has 0 amide bonds. The van der Waals surface area contributed by atoms with E-state index in [9.17, 15) is 0 Å². The van der Waals surface area contributed by atoms with Gasteiger partial charge in [-0.05, 0) is 75.6 Å². The van der Waals surface area contributed by atoms with E-state index in [-0.39, 0.29) is 6.10 Å². The van der Waals surface area contributed by atoms with Crippen LogP contribution in [0, 0.1) is 11.8 Å². The maximum Gasteiger partial charge on any atom is 0.138 e. The fraction of sp³-hybridized carbons (Fsp3) is 0.688. The van der Waals surface area contributed by atoms with E-state index >= 15 is 0 Å². The number of rotatable bonds is 3. The van der Waals surface area contributed by atoms with Crippen molar-refractivity contribution in [3.63, 3.8) is 0 Å². The van der Waals surface area contributed by atoms with E-state index in [0.717, 1.165) is 17.6 Å². The minimum atomic E-state index is 0.215. The van der Waals surface area contributed by atoms with Crippen molar-refractivity contribution in [1.29, 1.82) is 0 Å². The van der Waals surface area contributed by atoms with Crippen LogP contribution < -0.4 is 10.1 Å². The molecule has 1 saturated carbocycles. The molecule has 1 N–H and O–H groups in total. The Morgan fingerprint density at radius 3 is 2.58 bits per heavy atom. The van der Waals surface area contributed by atoms with Crippen molar-refractivity contribution in [3.05, 3.63) is 24.0 Å². The molecule has 1 aliphatic heterocycles. The highest BCUT2D eigenvalue weighted by Gasteiger charge is 2.32. The van der Waals surface area contributed by atoms with E-state index < -0.39 is 0 Å². The molecule has 3 rings (SSSR count). The van der Waals surface area contributed by atoms with Crippen molar-refractivity contribution in [3.8, 4) is 5.75 Å². The van der Waals surface area contributed by atoms with Crippen LogP contribution in [0.5, 0.6) is 5.75 Å². The van der Waals surface area contributed by atoms with Crippen LogP contribution in [-0.4, -0.2) is 24.2 Å². The third kappa shape index (κ3) is 3.08. The van der Waals surface area contributed by atoms with Gasteiger partial charge < -0.3 is 10.1 Å². The summed E-state index contributed by atoms with van der Waals surface area (Å²) in [6.45, 7) is 6.51. The zero-order valence-corrected chi connectivity index (χ0v) is 11.9. The lowest BCUT2D eigenvalue weighted by Gasteiger charge is -2.39. The molecule has 2 aliphatic rings. The maximum absolute atomic E-state index is 5.76. The second-order valence-corrected chi connectivity index (χ2v) is 6.41. The molecule has 1 aromatic rings. The number of pyridine rings is 1. The monoisotopic (exact) mass is 260 g/mol. The average molecular weight is 260 g/mol. The number of aromatic nitrogens is 1. The third-order valence-electron chi connectivity index (χ3n) is 4.35. The lowest BCUT2D eigenvalue weighted by atomic mass is 9.71. The molecular formula is C16H24N2O. The van der Waals surface area contributed by atoms with Gasteiger partial charge in [-0.2, -0.15) is 0 Å². The average Bonchev–Trinajstić information content (AvgIpc) is 2.38. The first-order valence-corrected chi connectivity index (χ1v) is 7.53. The molecule has 1 saturated heterocycles. The maximum atomic E-state index is 5.76. The smallest absolute Gasteiger partial charge is 0.138 e. The van der Waals surface area contributed by atoms with Gasteiger partial charge in [-0.1, -0.05) is 0 Å². The minimum Gasteiger partial charge on any atom is -0.489 e. The summed E-state index contributed by atoms with van der Waals surface area (Å²) in [6, 6.07) is 2.20. The Labute approximate surface area is 115 Å². The van der Waals surface area contributed by atoms with Crippen molar-refractivity contribution in [2.24, 2.45) is 11.8 Å². The predicted octanol–water partition coefficient (Wildman–Crippen LogP) is 2.97. The summed E-state index contributed by atoms with van der Waals surface area (Å²) in [6.07, 6.45) is 8.10. The lowest BCUT2D eigenvalue weighted by molar-refractivity contribution is 0.185. The molecule has 1 aliphatic carbocycles. The summed E-state index contributed by atoms with van der Waals surface area (Å²) in [5, 5.41) is 3.56. The van der Waals surface area contributed by atoms with Crippen LogP contribution >= 0.6 is 0 Å². The number of fused-ring (bicyclic) bond motifs is 2. The molecule has 1 aromatic heterocycles. The topological polar surface area (TPSA) is 34.1 Å². The summed E-state index contributed by atoms with van der Waals surface area (Å²) < 4.78 is 5.76. The zero-order valence-electron chi connectivity index (χ0n) is 11.9. The van der Waals surface area contributed by atoms with E-state index in [2.05, 4.69) is 30.2 Å². The van der Waals surface area contributed by atoms with Crippen LogP contribution in [0.1, 0.15) is 44.6 Å². The van der Waals surface area contributed by atoms with Crippen LogP contribution in [0.15, 0.2) is 18.5 Å². The number of nitrogens with one attached hydrogen (secondary N) is 1. The first kappa shape index (κ1) is 12.9. The highest BCUT2D eigenvalue weighted by Crippen LogP contribution is 2.41. The molecular weight excluding hydrogens is 236 g/mol. The Hall–Kier alpha value is -1.09. The summed E-state index contributed by atoms with van der Waals surface area (Å²) in [4.78, 5) is 4.37. The van der Waals surface area contributed by atoms with Crippen molar-refractivity contribution < 1.29 is 4.74 Å². The molecule has 2 heterocycles. The van der Waals surface area contributed by atoms with Crippen LogP contribution in [0.3, 0.4) is 0 Å². The van der Waals surface area contributed by atoms with Crippen LogP contribution in [0.25, 0.3) is 0 Å². The van der Waals surface area contributed by atoms with E-state index in [0.29, 0.717) is 5.92 Å².